The van der Waals surface area contributed by atoms with E-state index in [0.717, 1.165) is 25.7 Å². The molecule has 1 saturated heterocycles. The van der Waals surface area contributed by atoms with E-state index in [4.69, 9.17) is 5.73 Å². The van der Waals surface area contributed by atoms with Crippen LogP contribution in [0.1, 0.15) is 39.5 Å². The van der Waals surface area contributed by atoms with Crippen LogP contribution in [0.25, 0.3) is 0 Å². The van der Waals surface area contributed by atoms with E-state index in [0.29, 0.717) is 25.6 Å². The first kappa shape index (κ1) is 14.9. The van der Waals surface area contributed by atoms with E-state index in [1.807, 2.05) is 6.92 Å². The molecular weight excluding hydrogens is 238 g/mol. The van der Waals surface area contributed by atoms with Crippen molar-refractivity contribution in [3.8, 4) is 0 Å². The topological polar surface area (TPSA) is 75.4 Å². The first-order chi connectivity index (χ1) is 7.95. The maximum atomic E-state index is 12.0. The Morgan fingerprint density at radius 2 is 2.00 bits per heavy atom. The molecule has 1 rings (SSSR count). The summed E-state index contributed by atoms with van der Waals surface area (Å²) >= 11 is 0. The number of hydrogen-bond acceptors (Lipinski definition) is 3. The zero-order valence-corrected chi connectivity index (χ0v) is 11.7. The van der Waals surface area contributed by atoms with Crippen LogP contribution in [0.4, 0.5) is 0 Å². The molecular formula is C11H25N3O2S. The van der Waals surface area contributed by atoms with E-state index in [-0.39, 0.29) is 6.04 Å². The summed E-state index contributed by atoms with van der Waals surface area (Å²) in [4.78, 5) is 0. The molecule has 0 radical (unpaired) electrons. The van der Waals surface area contributed by atoms with Crippen LogP contribution in [0.2, 0.25) is 0 Å². The van der Waals surface area contributed by atoms with Crippen molar-refractivity contribution in [2.24, 2.45) is 11.7 Å². The van der Waals surface area contributed by atoms with Gasteiger partial charge in [0.15, 0.2) is 0 Å². The third-order valence-electron chi connectivity index (χ3n) is 3.27. The number of nitrogens with two attached hydrogens (primary N) is 1. The molecule has 0 spiro atoms. The Kier molecular flexibility index (Phi) is 5.85. The number of nitrogens with one attached hydrogen (secondary N) is 1. The Morgan fingerprint density at radius 3 is 2.53 bits per heavy atom. The van der Waals surface area contributed by atoms with Gasteiger partial charge in [-0.15, -0.1) is 0 Å². The van der Waals surface area contributed by atoms with Crippen molar-refractivity contribution in [1.29, 1.82) is 0 Å². The van der Waals surface area contributed by atoms with Crippen LogP contribution < -0.4 is 10.5 Å². The highest BCUT2D eigenvalue weighted by Crippen LogP contribution is 2.18. The average Bonchev–Trinajstić information content (AvgIpc) is 2.26. The van der Waals surface area contributed by atoms with E-state index >= 15 is 0 Å². The Hall–Kier alpha value is -0.170. The first-order valence-electron chi connectivity index (χ1n) is 6.43. The van der Waals surface area contributed by atoms with Crippen LogP contribution >= 0.6 is 0 Å². The minimum atomic E-state index is -3.29. The largest absolute Gasteiger partial charge is 0.330 e. The van der Waals surface area contributed by atoms with Gasteiger partial charge in [0.05, 0.1) is 0 Å². The quantitative estimate of drug-likeness (QED) is 0.740. The van der Waals surface area contributed by atoms with Gasteiger partial charge < -0.3 is 5.73 Å². The van der Waals surface area contributed by atoms with Crippen molar-refractivity contribution in [3.05, 3.63) is 0 Å². The molecule has 102 valence electrons. The molecule has 1 atom stereocenters. The lowest BCUT2D eigenvalue weighted by Crippen LogP contribution is -2.47. The van der Waals surface area contributed by atoms with Gasteiger partial charge in [-0.1, -0.05) is 6.92 Å². The van der Waals surface area contributed by atoms with Gasteiger partial charge in [0.2, 0.25) is 0 Å². The molecule has 1 aliphatic rings. The van der Waals surface area contributed by atoms with Gasteiger partial charge >= 0.3 is 0 Å². The molecule has 0 saturated carbocycles. The minimum absolute atomic E-state index is 0.0390. The first-order valence-corrected chi connectivity index (χ1v) is 7.87. The summed E-state index contributed by atoms with van der Waals surface area (Å²) < 4.78 is 28.4. The van der Waals surface area contributed by atoms with Crippen molar-refractivity contribution >= 4 is 10.2 Å². The predicted octanol–water partition coefficient (Wildman–Crippen LogP) is 0.680. The molecule has 1 aliphatic heterocycles. The van der Waals surface area contributed by atoms with Crippen molar-refractivity contribution in [3.63, 3.8) is 0 Å². The fourth-order valence-corrected chi connectivity index (χ4v) is 3.50. The molecule has 1 unspecified atom stereocenters. The Bertz CT molecular complexity index is 311. The Balaban J connectivity index is 2.45. The molecule has 1 heterocycles. The van der Waals surface area contributed by atoms with Crippen LogP contribution in [0.15, 0.2) is 0 Å². The number of rotatable bonds is 6. The molecule has 0 amide bonds. The van der Waals surface area contributed by atoms with Gasteiger partial charge in [-0.3, -0.25) is 0 Å². The molecule has 17 heavy (non-hydrogen) atoms. The summed E-state index contributed by atoms with van der Waals surface area (Å²) in [6.07, 6.45) is 3.55. The minimum Gasteiger partial charge on any atom is -0.330 e. The summed E-state index contributed by atoms with van der Waals surface area (Å²) in [6, 6.07) is -0.0390. The molecule has 5 nitrogen and oxygen atoms in total. The monoisotopic (exact) mass is 263 g/mol. The second-order valence-electron chi connectivity index (χ2n) is 5.04. The third-order valence-corrected chi connectivity index (χ3v) is 5.02. The van der Waals surface area contributed by atoms with Crippen molar-refractivity contribution in [2.75, 3.05) is 19.6 Å². The highest BCUT2D eigenvalue weighted by atomic mass is 32.2. The van der Waals surface area contributed by atoms with E-state index in [1.54, 1.807) is 4.31 Å². The van der Waals surface area contributed by atoms with E-state index in [2.05, 4.69) is 11.6 Å². The summed E-state index contributed by atoms with van der Waals surface area (Å²) in [5, 5.41) is 0. The predicted molar refractivity (Wildman–Crippen MR) is 69.8 cm³/mol. The van der Waals surface area contributed by atoms with Crippen LogP contribution in [0.5, 0.6) is 0 Å². The maximum Gasteiger partial charge on any atom is 0.279 e. The molecule has 1 fully saturated rings. The van der Waals surface area contributed by atoms with Gasteiger partial charge in [-0.05, 0) is 45.1 Å². The average molecular weight is 263 g/mol. The van der Waals surface area contributed by atoms with Crippen LogP contribution in [0.3, 0.4) is 0 Å². The van der Waals surface area contributed by atoms with Gasteiger partial charge in [-0.25, -0.2) is 0 Å². The highest BCUT2D eigenvalue weighted by Gasteiger charge is 2.27. The Morgan fingerprint density at radius 1 is 1.41 bits per heavy atom. The zero-order valence-electron chi connectivity index (χ0n) is 10.9. The number of piperidine rings is 1. The van der Waals surface area contributed by atoms with E-state index in [9.17, 15) is 8.42 Å². The third kappa shape index (κ3) is 4.91. The lowest BCUT2D eigenvalue weighted by Gasteiger charge is -2.30. The van der Waals surface area contributed by atoms with Gasteiger partial charge in [0, 0.05) is 19.1 Å². The van der Waals surface area contributed by atoms with Crippen LogP contribution in [-0.2, 0) is 10.2 Å². The van der Waals surface area contributed by atoms with E-state index in [1.165, 1.54) is 0 Å². The van der Waals surface area contributed by atoms with Crippen molar-refractivity contribution < 1.29 is 8.42 Å². The number of nitrogens with zero attached hydrogens (tertiary/aromatic N) is 1. The molecule has 0 aromatic rings. The fourth-order valence-electron chi connectivity index (χ4n) is 2.04. The lowest BCUT2D eigenvalue weighted by atomic mass is 10.0. The highest BCUT2D eigenvalue weighted by molar-refractivity contribution is 7.87. The second kappa shape index (κ2) is 6.68. The van der Waals surface area contributed by atoms with Gasteiger partial charge in [0.1, 0.15) is 0 Å². The molecule has 3 N–H and O–H groups in total. The SMILES string of the molecule is CC1CCN(S(=O)(=O)NC(C)CCCN)CC1. The molecule has 0 aromatic heterocycles. The zero-order chi connectivity index (χ0) is 12.9. The molecule has 0 aliphatic carbocycles. The maximum absolute atomic E-state index is 12.0. The van der Waals surface area contributed by atoms with Gasteiger partial charge in [0.25, 0.3) is 10.2 Å². The smallest absolute Gasteiger partial charge is 0.279 e. The fraction of sp³-hybridized carbons (Fsp3) is 1.00. The van der Waals surface area contributed by atoms with Gasteiger partial charge in [-0.2, -0.15) is 17.4 Å². The molecule has 0 aromatic carbocycles. The molecule has 6 heteroatoms. The second-order valence-corrected chi connectivity index (χ2v) is 6.74. The Labute approximate surface area is 105 Å². The van der Waals surface area contributed by atoms with Crippen LogP contribution in [-0.4, -0.2) is 38.4 Å². The number of hydrogen-bond donors (Lipinski definition) is 2. The lowest BCUT2D eigenvalue weighted by molar-refractivity contribution is 0.283. The summed E-state index contributed by atoms with van der Waals surface area (Å²) in [7, 11) is -3.29. The normalized spacial score (nSPS) is 21.6. The van der Waals surface area contributed by atoms with Crippen molar-refractivity contribution in [2.45, 2.75) is 45.6 Å². The molecule has 0 bridgehead atoms. The van der Waals surface area contributed by atoms with Crippen LogP contribution in [0, 0.1) is 5.92 Å². The standard InChI is InChI=1S/C11H25N3O2S/c1-10-5-8-14(9-6-10)17(15,16)13-11(2)4-3-7-12/h10-11,13H,3-9,12H2,1-2H3. The summed E-state index contributed by atoms with van der Waals surface area (Å²) in [6.45, 7) is 5.94. The summed E-state index contributed by atoms with van der Waals surface area (Å²) in [5.41, 5.74) is 5.41. The summed E-state index contributed by atoms with van der Waals surface area (Å²) in [5.74, 6) is 0.635. The van der Waals surface area contributed by atoms with E-state index < -0.39 is 10.2 Å². The van der Waals surface area contributed by atoms with Crippen molar-refractivity contribution in [1.82, 2.24) is 9.03 Å².